The standard InChI is InChI=1S/C46H41Cl5N8O8/c1-24(60)39(58-56-33-13-7-11-30(37(33)50)43(62)54-41-27(22-48)9-5-15-35(41)66-3)45(64)52-29-17-18-32(26(21-29)19-20-47)53-46(65)40(25(2)61)59-57-34-14-8-12-31(38(34)51)44(63)55-42-28(23-49)10-6-16-36(42)67-4/h5-18,21,39-40H,19-20,22-23H2,1-4H3,(H,52,64)(H,53,65)(H,54,62)(H,55,63). The minimum Gasteiger partial charge on any atom is -0.495 e. The molecule has 348 valence electrons. The average Bonchev–Trinajstić information content (AvgIpc) is 3.30. The number of ketones is 2. The smallest absolute Gasteiger partial charge is 0.258 e. The second-order valence-electron chi connectivity index (χ2n) is 14.2. The van der Waals surface area contributed by atoms with E-state index in [1.165, 1.54) is 68.8 Å². The van der Waals surface area contributed by atoms with E-state index in [2.05, 4.69) is 41.7 Å². The van der Waals surface area contributed by atoms with Gasteiger partial charge in [0.2, 0.25) is 12.1 Å². The number of halogens is 5. The van der Waals surface area contributed by atoms with E-state index in [4.69, 9.17) is 67.5 Å². The van der Waals surface area contributed by atoms with Gasteiger partial charge in [-0.25, -0.2) is 0 Å². The molecule has 5 aromatic carbocycles. The topological polar surface area (TPSA) is 218 Å². The minimum absolute atomic E-state index is 0.00279. The van der Waals surface area contributed by atoms with E-state index in [1.54, 1.807) is 36.4 Å². The summed E-state index contributed by atoms with van der Waals surface area (Å²) in [5, 5.41) is 26.7. The first-order chi connectivity index (χ1) is 32.1. The lowest BCUT2D eigenvalue weighted by Gasteiger charge is -2.16. The number of hydrogen-bond acceptors (Lipinski definition) is 12. The van der Waals surface area contributed by atoms with Gasteiger partial charge in [-0.15, -0.1) is 34.8 Å². The third-order valence-corrected chi connectivity index (χ3v) is 11.3. The first kappa shape index (κ1) is 51.6. The number of alkyl halides is 3. The number of amides is 4. The van der Waals surface area contributed by atoms with Crippen molar-refractivity contribution in [1.29, 1.82) is 0 Å². The number of hydrogen-bond donors (Lipinski definition) is 4. The molecule has 5 aromatic rings. The maximum absolute atomic E-state index is 13.5. The van der Waals surface area contributed by atoms with E-state index in [9.17, 15) is 28.8 Å². The molecule has 16 nitrogen and oxygen atoms in total. The Kier molecular flexibility index (Phi) is 18.8. The van der Waals surface area contributed by atoms with Crippen LogP contribution < -0.4 is 30.7 Å². The monoisotopic (exact) mass is 1010 g/mol. The summed E-state index contributed by atoms with van der Waals surface area (Å²) in [6, 6.07) is 20.2. The van der Waals surface area contributed by atoms with Crippen molar-refractivity contribution in [2.24, 2.45) is 20.5 Å². The number of nitrogens with one attached hydrogen (secondary N) is 4. The highest BCUT2D eigenvalue weighted by atomic mass is 35.5. The van der Waals surface area contributed by atoms with Gasteiger partial charge in [-0.05, 0) is 91.6 Å². The predicted molar refractivity (Wildman–Crippen MR) is 260 cm³/mol. The van der Waals surface area contributed by atoms with Crippen LogP contribution in [0.5, 0.6) is 11.5 Å². The highest BCUT2D eigenvalue weighted by Gasteiger charge is 2.27. The summed E-state index contributed by atoms with van der Waals surface area (Å²) in [5.74, 6) is -3.18. The molecule has 0 radical (unpaired) electrons. The predicted octanol–water partition coefficient (Wildman–Crippen LogP) is 11.1. The van der Waals surface area contributed by atoms with Crippen LogP contribution in [0.1, 0.15) is 51.3 Å². The van der Waals surface area contributed by atoms with Crippen LogP contribution in [0.3, 0.4) is 0 Å². The number of benzene rings is 5. The molecule has 5 rings (SSSR count). The van der Waals surface area contributed by atoms with E-state index in [0.717, 1.165) is 13.8 Å². The van der Waals surface area contributed by atoms with Crippen LogP contribution in [0, 0.1) is 0 Å². The van der Waals surface area contributed by atoms with E-state index in [-0.39, 0.29) is 68.0 Å². The van der Waals surface area contributed by atoms with Gasteiger partial charge in [0, 0.05) is 29.0 Å². The molecule has 0 aliphatic heterocycles. The van der Waals surface area contributed by atoms with Gasteiger partial charge in [-0.2, -0.15) is 20.5 Å². The number of Topliss-reactive ketones (excluding diaryl/α,β-unsaturated/α-hetero) is 2. The molecule has 4 amide bonds. The van der Waals surface area contributed by atoms with E-state index in [0.29, 0.717) is 39.6 Å². The highest BCUT2D eigenvalue weighted by Crippen LogP contribution is 2.35. The summed E-state index contributed by atoms with van der Waals surface area (Å²) in [5.41, 5.74) is 2.87. The number of para-hydroxylation sites is 2. The van der Waals surface area contributed by atoms with Crippen molar-refractivity contribution in [2.45, 2.75) is 44.1 Å². The summed E-state index contributed by atoms with van der Waals surface area (Å²) in [4.78, 5) is 79.1. The molecule has 0 aliphatic rings. The molecule has 0 aliphatic carbocycles. The molecule has 0 spiro atoms. The largest absolute Gasteiger partial charge is 0.495 e. The maximum atomic E-state index is 13.5. The van der Waals surface area contributed by atoms with E-state index >= 15 is 0 Å². The van der Waals surface area contributed by atoms with Gasteiger partial charge in [0.05, 0.1) is 46.8 Å². The van der Waals surface area contributed by atoms with E-state index < -0.39 is 47.3 Å². The Balaban J connectivity index is 1.30. The lowest BCUT2D eigenvalue weighted by Crippen LogP contribution is -2.32. The fraction of sp³-hybridized carbons (Fsp3) is 0.217. The number of rotatable bonds is 20. The summed E-state index contributed by atoms with van der Waals surface area (Å²) >= 11 is 31.4. The lowest BCUT2D eigenvalue weighted by atomic mass is 10.1. The molecule has 0 saturated carbocycles. The number of methoxy groups -OCH3 is 2. The molecule has 0 heterocycles. The second kappa shape index (κ2) is 24.4. The first-order valence-corrected chi connectivity index (χ1v) is 22.3. The Morgan fingerprint density at radius 2 is 1.01 bits per heavy atom. The molecule has 2 atom stereocenters. The summed E-state index contributed by atoms with van der Waals surface area (Å²) in [6.07, 6.45) is 0.196. The van der Waals surface area contributed by atoms with Crippen LogP contribution in [-0.2, 0) is 37.4 Å². The van der Waals surface area contributed by atoms with Gasteiger partial charge in [0.1, 0.15) is 22.9 Å². The molecule has 0 bridgehead atoms. The Morgan fingerprint density at radius 3 is 1.43 bits per heavy atom. The summed E-state index contributed by atoms with van der Waals surface area (Å²) in [6.45, 7) is 2.31. The molecule has 2 unspecified atom stereocenters. The number of carbonyl (C=O) groups excluding carboxylic acids is 6. The third-order valence-electron chi connectivity index (χ3n) is 9.70. The van der Waals surface area contributed by atoms with Crippen molar-refractivity contribution in [3.8, 4) is 11.5 Å². The third kappa shape index (κ3) is 12.9. The zero-order valence-corrected chi connectivity index (χ0v) is 39.9. The van der Waals surface area contributed by atoms with Crippen LogP contribution in [0.2, 0.25) is 10.0 Å². The van der Waals surface area contributed by atoms with Gasteiger partial charge < -0.3 is 30.7 Å². The Labute approximate surface area is 409 Å². The fourth-order valence-electron chi connectivity index (χ4n) is 6.30. The molecule has 0 aromatic heterocycles. The molecule has 21 heteroatoms. The minimum atomic E-state index is -1.64. The zero-order valence-electron chi connectivity index (χ0n) is 36.1. The average molecular weight is 1010 g/mol. The zero-order chi connectivity index (χ0) is 48.8. The quantitative estimate of drug-likeness (QED) is 0.0333. The van der Waals surface area contributed by atoms with Crippen LogP contribution in [0.15, 0.2) is 111 Å². The number of azo groups is 2. The van der Waals surface area contributed by atoms with Crippen molar-refractivity contribution in [3.05, 3.63) is 129 Å². The second-order valence-corrected chi connectivity index (χ2v) is 15.9. The van der Waals surface area contributed by atoms with Crippen LogP contribution in [0.4, 0.5) is 34.1 Å². The van der Waals surface area contributed by atoms with Gasteiger partial charge in [-0.1, -0.05) is 59.6 Å². The highest BCUT2D eigenvalue weighted by molar-refractivity contribution is 6.37. The number of carbonyl (C=O) groups is 6. The number of aryl methyl sites for hydroxylation is 1. The number of ether oxygens (including phenoxy) is 2. The Bertz CT molecular complexity index is 2730. The van der Waals surface area contributed by atoms with Crippen molar-refractivity contribution >= 4 is 127 Å². The SMILES string of the molecule is COc1cccc(CCl)c1NC(=O)c1cccc(N=NC(C(C)=O)C(=O)Nc2ccc(NC(=O)C(N=Nc3cccc(C(=O)Nc4c(CCl)cccc4OC)c3Cl)C(C)=O)c(CCCl)c2)c1Cl. The van der Waals surface area contributed by atoms with Crippen LogP contribution in [0.25, 0.3) is 0 Å². The van der Waals surface area contributed by atoms with Crippen LogP contribution in [-0.4, -0.2) is 67.4 Å². The molecule has 4 N–H and O–H groups in total. The van der Waals surface area contributed by atoms with Gasteiger partial charge in [0.25, 0.3) is 23.6 Å². The Morgan fingerprint density at radius 1 is 0.567 bits per heavy atom. The Hall–Kier alpha value is -6.43. The van der Waals surface area contributed by atoms with Gasteiger partial charge in [0.15, 0.2) is 11.6 Å². The molecule has 0 saturated heterocycles. The molecule has 67 heavy (non-hydrogen) atoms. The van der Waals surface area contributed by atoms with Gasteiger partial charge in [-0.3, -0.25) is 28.8 Å². The van der Waals surface area contributed by atoms with Crippen molar-refractivity contribution in [2.75, 3.05) is 41.4 Å². The van der Waals surface area contributed by atoms with Crippen molar-refractivity contribution in [1.82, 2.24) is 0 Å². The van der Waals surface area contributed by atoms with E-state index in [1.807, 2.05) is 0 Å². The number of anilines is 4. The fourth-order valence-corrected chi connectivity index (χ4v) is 7.44. The molecular formula is C46H41Cl5N8O8. The first-order valence-electron chi connectivity index (χ1n) is 19.9. The maximum Gasteiger partial charge on any atom is 0.258 e. The summed E-state index contributed by atoms with van der Waals surface area (Å²) in [7, 11) is 2.90. The molecule has 0 fully saturated rings. The molecular weight excluding hydrogens is 970 g/mol. The lowest BCUT2D eigenvalue weighted by molar-refractivity contribution is -0.127. The van der Waals surface area contributed by atoms with Crippen LogP contribution >= 0.6 is 58.0 Å². The van der Waals surface area contributed by atoms with Gasteiger partial charge >= 0.3 is 0 Å². The van der Waals surface area contributed by atoms with Crippen molar-refractivity contribution < 1.29 is 38.2 Å². The normalized spacial score (nSPS) is 12.0. The number of nitrogens with zero attached hydrogens (tertiary/aromatic N) is 4. The summed E-state index contributed by atoms with van der Waals surface area (Å²) < 4.78 is 10.7. The van der Waals surface area contributed by atoms with Crippen molar-refractivity contribution in [3.63, 3.8) is 0 Å².